The topological polar surface area (TPSA) is 125 Å². The number of β-lactam (4-membered cyclic amide) rings is 1. The number of nitrogens with one attached hydrogen (secondary N) is 1. The number of hydrogen-bond donors (Lipinski definition) is 3. The Labute approximate surface area is 262 Å². The smallest absolute Gasteiger partial charge is 0.411 e. The van der Waals surface area contributed by atoms with E-state index in [1.165, 1.54) is 14.0 Å². The fourth-order valence-corrected chi connectivity index (χ4v) is 9.31. The van der Waals surface area contributed by atoms with E-state index in [0.717, 1.165) is 21.0 Å². The van der Waals surface area contributed by atoms with Gasteiger partial charge in [0.2, 0.25) is 0 Å². The Bertz CT molecular complexity index is 1580. The van der Waals surface area contributed by atoms with Crippen LogP contribution in [-0.2, 0) is 19.2 Å². The van der Waals surface area contributed by atoms with Crippen LogP contribution >= 0.6 is 6.89 Å². The van der Waals surface area contributed by atoms with Crippen LogP contribution in [-0.4, -0.2) is 58.3 Å². The summed E-state index contributed by atoms with van der Waals surface area (Å²) in [5.74, 6) is -0.527. The molecule has 4 atom stereocenters. The van der Waals surface area contributed by atoms with Crippen LogP contribution in [0.15, 0.2) is 115 Å². The molecule has 1 unspecified atom stereocenters. The van der Waals surface area contributed by atoms with Crippen molar-refractivity contribution < 1.29 is 34.2 Å². The van der Waals surface area contributed by atoms with Gasteiger partial charge in [-0.25, -0.2) is 9.59 Å². The third kappa shape index (κ3) is 6.71. The van der Waals surface area contributed by atoms with E-state index in [9.17, 15) is 24.6 Å². The Hall–Kier alpha value is -4.69. The van der Waals surface area contributed by atoms with Crippen molar-refractivity contribution in [2.45, 2.75) is 31.6 Å². The molecule has 4 aromatic carbocycles. The van der Waals surface area contributed by atoms with Crippen LogP contribution in [0.3, 0.4) is 0 Å². The van der Waals surface area contributed by atoms with E-state index in [2.05, 4.69) is 10.1 Å². The summed E-state index contributed by atoms with van der Waals surface area (Å²) in [5.41, 5.74) is 1.00. The first-order chi connectivity index (χ1) is 21.7. The molecule has 9 nitrogen and oxygen atoms in total. The van der Waals surface area contributed by atoms with Crippen molar-refractivity contribution in [3.8, 4) is 0 Å². The number of carbonyl (C=O) groups excluding carboxylic acids is 3. The number of nitrogens with zero attached hydrogens (tertiary/aromatic N) is 1. The molecule has 45 heavy (non-hydrogen) atoms. The van der Waals surface area contributed by atoms with Crippen molar-refractivity contribution in [2.75, 3.05) is 12.4 Å². The predicted octanol–water partition coefficient (Wildman–Crippen LogP) is 3.75. The molecule has 1 aliphatic heterocycles. The van der Waals surface area contributed by atoms with Crippen LogP contribution in [0.5, 0.6) is 0 Å². The summed E-state index contributed by atoms with van der Waals surface area (Å²) < 4.78 is 4.60. The molecule has 1 saturated heterocycles. The number of amides is 2. The van der Waals surface area contributed by atoms with Crippen molar-refractivity contribution >= 4 is 52.3 Å². The van der Waals surface area contributed by atoms with Gasteiger partial charge in [-0.1, -0.05) is 103 Å². The third-order valence-corrected chi connectivity index (χ3v) is 11.8. The van der Waals surface area contributed by atoms with Gasteiger partial charge in [0.15, 0.2) is 0 Å². The number of carbonyl (C=O) groups is 3. The van der Waals surface area contributed by atoms with Gasteiger partial charge in [0, 0.05) is 17.9 Å². The lowest BCUT2D eigenvalue weighted by molar-refractivity contribution is -0.244. The number of ether oxygens (including phenoxy) is 1. The van der Waals surface area contributed by atoms with E-state index in [1.807, 2.05) is 91.0 Å². The van der Waals surface area contributed by atoms with Crippen LogP contribution in [0.4, 0.5) is 10.5 Å². The normalized spacial score (nSPS) is 17.4. The lowest BCUT2D eigenvalue weighted by Crippen LogP contribution is -2.64. The molecular formula is C35H35N2O7P. The second-order valence-electron chi connectivity index (χ2n) is 10.8. The molecule has 232 valence electrons. The molecular weight excluding hydrogens is 591 g/mol. The maximum Gasteiger partial charge on any atom is 0.411 e. The summed E-state index contributed by atoms with van der Waals surface area (Å²) in [5, 5.41) is 27.8. The molecule has 2 amide bonds. The van der Waals surface area contributed by atoms with Gasteiger partial charge in [-0.15, -0.1) is 0 Å². The Balaban J connectivity index is 1.46. The van der Waals surface area contributed by atoms with Crippen molar-refractivity contribution in [3.63, 3.8) is 0 Å². The molecule has 0 aromatic heterocycles. The minimum atomic E-state index is -2.69. The summed E-state index contributed by atoms with van der Waals surface area (Å²) >= 11 is 0. The third-order valence-electron chi connectivity index (χ3n) is 7.91. The number of methoxy groups -OCH3 is 1. The summed E-state index contributed by atoms with van der Waals surface area (Å²) in [6.45, 7) is -1.20. The fourth-order valence-electron chi connectivity index (χ4n) is 5.68. The number of aliphatic hydroxyl groups is 2. The first kappa shape index (κ1) is 31.7. The van der Waals surface area contributed by atoms with E-state index in [0.29, 0.717) is 11.3 Å². The zero-order chi connectivity index (χ0) is 32.0. The fraction of sp³-hybridized carbons (Fsp3) is 0.200. The van der Waals surface area contributed by atoms with E-state index in [-0.39, 0.29) is 6.42 Å². The number of rotatable bonds is 10. The maximum atomic E-state index is 13.8. The maximum absolute atomic E-state index is 13.8. The second kappa shape index (κ2) is 13.9. The zero-order valence-corrected chi connectivity index (χ0v) is 25.8. The van der Waals surface area contributed by atoms with Crippen molar-refractivity contribution in [1.82, 2.24) is 5.06 Å². The van der Waals surface area contributed by atoms with Crippen molar-refractivity contribution in [2.24, 2.45) is 5.92 Å². The largest absolute Gasteiger partial charge is 0.453 e. The van der Waals surface area contributed by atoms with Gasteiger partial charge in [-0.05, 0) is 47.4 Å². The standard InChI is InChI=1S/C35H35N2O7P/c1-24(38)33-30(22-31(39)25-18-20-26(21-19-25)36-35(42)43-2)37(34(33)41)44-32(40)23-45(27-12-6-3-7-13-27,28-14-8-4-9-15-28)29-16-10-5-11-17-29/h3-21,23-24,30-31,33,38-39H,22H2,1-2H3,(H,36,42)/t24-,30-,31?,33-/m1/s1. The van der Waals surface area contributed by atoms with Crippen LogP contribution < -0.4 is 21.2 Å². The average Bonchev–Trinajstić information content (AvgIpc) is 3.07. The van der Waals surface area contributed by atoms with Crippen LogP contribution in [0.2, 0.25) is 0 Å². The van der Waals surface area contributed by atoms with Gasteiger partial charge in [0.25, 0.3) is 5.91 Å². The molecule has 1 fully saturated rings. The van der Waals surface area contributed by atoms with E-state index in [4.69, 9.17) is 4.84 Å². The van der Waals surface area contributed by atoms with Gasteiger partial charge >= 0.3 is 12.1 Å². The number of anilines is 1. The van der Waals surface area contributed by atoms with Crippen LogP contribution in [0.1, 0.15) is 25.0 Å². The molecule has 10 heteroatoms. The zero-order valence-electron chi connectivity index (χ0n) is 24.9. The SMILES string of the molecule is COC(=O)Nc1ccc(C(O)C[C@@H]2[C@@H]([C@@H](C)O)C(=O)N2OC(=O)C=P(c2ccccc2)(c2ccccc2)c2ccccc2)cc1. The van der Waals surface area contributed by atoms with Crippen LogP contribution in [0, 0.1) is 5.92 Å². The Kier molecular flexibility index (Phi) is 9.83. The molecule has 0 saturated carbocycles. The number of hydroxylamine groups is 2. The molecule has 0 radical (unpaired) electrons. The molecule has 4 aromatic rings. The number of hydrogen-bond acceptors (Lipinski definition) is 7. The van der Waals surface area contributed by atoms with E-state index < -0.39 is 49.0 Å². The molecule has 1 heterocycles. The summed E-state index contributed by atoms with van der Waals surface area (Å²) in [7, 11) is 1.26. The highest BCUT2D eigenvalue weighted by atomic mass is 31.2. The Morgan fingerprint density at radius 3 is 1.78 bits per heavy atom. The number of aliphatic hydroxyl groups excluding tert-OH is 2. The lowest BCUT2D eigenvalue weighted by atomic mass is 9.81. The Morgan fingerprint density at radius 1 is 0.844 bits per heavy atom. The minimum Gasteiger partial charge on any atom is -0.453 e. The molecule has 5 rings (SSSR count). The van der Waals surface area contributed by atoms with E-state index >= 15 is 0 Å². The first-order valence-electron chi connectivity index (χ1n) is 14.5. The van der Waals surface area contributed by atoms with E-state index in [1.54, 1.807) is 30.1 Å². The Morgan fingerprint density at radius 2 is 1.33 bits per heavy atom. The monoisotopic (exact) mass is 626 g/mol. The quantitative estimate of drug-likeness (QED) is 0.181. The predicted molar refractivity (Wildman–Crippen MR) is 175 cm³/mol. The molecule has 0 bridgehead atoms. The van der Waals surface area contributed by atoms with Crippen molar-refractivity contribution in [3.05, 3.63) is 121 Å². The van der Waals surface area contributed by atoms with Gasteiger partial charge in [0.1, 0.15) is 0 Å². The second-order valence-corrected chi connectivity index (χ2v) is 14.0. The highest BCUT2D eigenvalue weighted by Crippen LogP contribution is 2.44. The molecule has 0 aliphatic carbocycles. The summed E-state index contributed by atoms with van der Waals surface area (Å²) in [6.07, 6.45) is -2.69. The number of benzene rings is 4. The summed E-state index contributed by atoms with van der Waals surface area (Å²) in [4.78, 5) is 44.3. The highest BCUT2D eigenvalue weighted by Gasteiger charge is 2.53. The highest BCUT2D eigenvalue weighted by molar-refractivity contribution is 7.95. The van der Waals surface area contributed by atoms with Gasteiger partial charge in [-0.3, -0.25) is 10.1 Å². The van der Waals surface area contributed by atoms with Gasteiger partial charge in [-0.2, -0.15) is 5.06 Å². The molecule has 3 N–H and O–H groups in total. The van der Waals surface area contributed by atoms with Crippen LogP contribution in [0.25, 0.3) is 0 Å². The summed E-state index contributed by atoms with van der Waals surface area (Å²) in [6, 6.07) is 35.0. The minimum absolute atomic E-state index is 0.00864. The average molecular weight is 627 g/mol. The first-order valence-corrected chi connectivity index (χ1v) is 16.4. The lowest BCUT2D eigenvalue weighted by Gasteiger charge is -2.46. The van der Waals surface area contributed by atoms with Gasteiger partial charge in [0.05, 0.1) is 31.3 Å². The molecule has 0 spiro atoms. The molecule has 1 aliphatic rings. The van der Waals surface area contributed by atoms with Crippen molar-refractivity contribution in [1.29, 1.82) is 0 Å². The van der Waals surface area contributed by atoms with Gasteiger partial charge < -0.3 is 19.8 Å².